The summed E-state index contributed by atoms with van der Waals surface area (Å²) in [6, 6.07) is 1.50. The van der Waals surface area contributed by atoms with Crippen LogP contribution in [0.1, 0.15) is 33.5 Å². The number of ketones is 1. The van der Waals surface area contributed by atoms with Crippen molar-refractivity contribution in [3.8, 4) is 0 Å². The lowest BCUT2D eigenvalue weighted by molar-refractivity contribution is 0.0692. The average Bonchev–Trinajstić information content (AvgIpc) is 2.28. The Bertz CT molecular complexity index is 376. The lowest BCUT2D eigenvalue weighted by atomic mass is 10.2. The molecule has 1 rings (SSSR count). The van der Waals surface area contributed by atoms with E-state index in [-0.39, 0.29) is 17.0 Å². The van der Waals surface area contributed by atoms with Gasteiger partial charge in [-0.1, -0.05) is 0 Å². The molecule has 0 aromatic carbocycles. The van der Waals surface area contributed by atoms with Gasteiger partial charge in [-0.25, -0.2) is 4.79 Å². The van der Waals surface area contributed by atoms with Crippen LogP contribution in [0.3, 0.4) is 0 Å². The molecule has 0 aliphatic carbocycles. The minimum Gasteiger partial charge on any atom is -0.478 e. The highest BCUT2D eigenvalue weighted by Crippen LogP contribution is 2.14. The summed E-state index contributed by atoms with van der Waals surface area (Å²) in [6.45, 7) is 3.13. The number of nitrogens with zero attached hydrogens (tertiary/aromatic N) is 1. The summed E-state index contributed by atoms with van der Waals surface area (Å²) in [4.78, 5) is 21.8. The number of rotatable bonds is 2. The Labute approximate surface area is 75.8 Å². The number of hydrogen-bond acceptors (Lipinski definition) is 2. The molecule has 0 saturated carbocycles. The summed E-state index contributed by atoms with van der Waals surface area (Å²) in [5.74, 6) is -1.29. The predicted molar refractivity (Wildman–Crippen MR) is 47.1 cm³/mol. The predicted octanol–water partition coefficient (Wildman–Crippen LogP) is 1.23. The first-order chi connectivity index (χ1) is 5.95. The summed E-state index contributed by atoms with van der Waals surface area (Å²) in [5, 5.41) is 8.79. The van der Waals surface area contributed by atoms with E-state index in [9.17, 15) is 9.59 Å². The van der Waals surface area contributed by atoms with Crippen LogP contribution in [0.5, 0.6) is 0 Å². The van der Waals surface area contributed by atoms with Crippen molar-refractivity contribution in [1.29, 1.82) is 0 Å². The van der Waals surface area contributed by atoms with Crippen LogP contribution in [-0.2, 0) is 7.05 Å². The number of carboxylic acid groups (broad SMARTS) is 1. The SMILES string of the molecule is CC(=O)c1c(C(=O)O)cc(C)n1C. The van der Waals surface area contributed by atoms with E-state index in [2.05, 4.69) is 0 Å². The Balaban J connectivity index is 3.44. The van der Waals surface area contributed by atoms with Crippen molar-refractivity contribution in [3.05, 3.63) is 23.0 Å². The van der Waals surface area contributed by atoms with Crippen LogP contribution >= 0.6 is 0 Å². The van der Waals surface area contributed by atoms with Crippen molar-refractivity contribution in [2.24, 2.45) is 7.05 Å². The summed E-state index contributed by atoms with van der Waals surface area (Å²) in [7, 11) is 1.68. The van der Waals surface area contributed by atoms with Gasteiger partial charge in [0, 0.05) is 19.7 Å². The number of hydrogen-bond donors (Lipinski definition) is 1. The lowest BCUT2D eigenvalue weighted by Crippen LogP contribution is -2.08. The highest BCUT2D eigenvalue weighted by molar-refractivity contribution is 6.04. The standard InChI is InChI=1S/C9H11NO3/c1-5-4-7(9(12)13)8(6(2)11)10(5)3/h4H,1-3H3,(H,12,13). The molecule has 1 heterocycles. The zero-order valence-corrected chi connectivity index (χ0v) is 7.79. The lowest BCUT2D eigenvalue weighted by Gasteiger charge is -2.01. The fraction of sp³-hybridized carbons (Fsp3) is 0.333. The van der Waals surface area contributed by atoms with Gasteiger partial charge in [0.15, 0.2) is 5.78 Å². The minimum absolute atomic E-state index is 0.0764. The van der Waals surface area contributed by atoms with E-state index < -0.39 is 5.97 Å². The zero-order valence-electron chi connectivity index (χ0n) is 7.79. The first-order valence-electron chi connectivity index (χ1n) is 3.85. The van der Waals surface area contributed by atoms with Crippen LogP contribution in [-0.4, -0.2) is 21.4 Å². The average molecular weight is 181 g/mol. The molecule has 0 aliphatic heterocycles. The van der Waals surface area contributed by atoms with Crippen molar-refractivity contribution in [3.63, 3.8) is 0 Å². The monoisotopic (exact) mass is 181 g/mol. The van der Waals surface area contributed by atoms with Gasteiger partial charge in [-0.15, -0.1) is 0 Å². The normalized spacial score (nSPS) is 10.1. The summed E-state index contributed by atoms with van der Waals surface area (Å²) in [5.41, 5.74) is 1.10. The van der Waals surface area contributed by atoms with Crippen molar-refractivity contribution in [2.75, 3.05) is 0 Å². The van der Waals surface area contributed by atoms with E-state index in [1.807, 2.05) is 0 Å². The largest absolute Gasteiger partial charge is 0.478 e. The van der Waals surface area contributed by atoms with Crippen molar-refractivity contribution in [2.45, 2.75) is 13.8 Å². The first-order valence-corrected chi connectivity index (χ1v) is 3.85. The molecule has 1 N–H and O–H groups in total. The molecule has 0 unspecified atom stereocenters. The molecular formula is C9H11NO3. The second-order valence-electron chi connectivity index (χ2n) is 2.97. The number of aromatic carboxylic acids is 1. The molecule has 0 radical (unpaired) electrons. The first kappa shape index (κ1) is 9.51. The van der Waals surface area contributed by atoms with Gasteiger partial charge in [0.25, 0.3) is 0 Å². The van der Waals surface area contributed by atoms with Gasteiger partial charge in [0.05, 0.1) is 11.3 Å². The molecule has 1 aromatic heterocycles. The molecule has 4 nitrogen and oxygen atoms in total. The Morgan fingerprint density at radius 2 is 2.00 bits per heavy atom. The van der Waals surface area contributed by atoms with E-state index in [0.717, 1.165) is 5.69 Å². The van der Waals surface area contributed by atoms with Crippen LogP contribution in [0, 0.1) is 6.92 Å². The molecule has 4 heteroatoms. The molecule has 0 fully saturated rings. The second kappa shape index (κ2) is 3.05. The van der Waals surface area contributed by atoms with Crippen LogP contribution in [0.25, 0.3) is 0 Å². The van der Waals surface area contributed by atoms with Crippen molar-refractivity contribution < 1.29 is 14.7 Å². The second-order valence-corrected chi connectivity index (χ2v) is 2.97. The van der Waals surface area contributed by atoms with E-state index in [1.54, 1.807) is 18.5 Å². The van der Waals surface area contributed by atoms with E-state index >= 15 is 0 Å². The zero-order chi connectivity index (χ0) is 10.2. The van der Waals surface area contributed by atoms with Crippen LogP contribution in [0.4, 0.5) is 0 Å². The van der Waals surface area contributed by atoms with Crippen LogP contribution in [0.2, 0.25) is 0 Å². The molecule has 1 aromatic rings. The van der Waals surface area contributed by atoms with E-state index in [4.69, 9.17) is 5.11 Å². The molecule has 70 valence electrons. The number of carbonyl (C=O) groups excluding carboxylic acids is 1. The third-order valence-electron chi connectivity index (χ3n) is 2.04. The van der Waals surface area contributed by atoms with Crippen LogP contribution < -0.4 is 0 Å². The highest BCUT2D eigenvalue weighted by Gasteiger charge is 2.18. The van der Waals surface area contributed by atoms with Gasteiger partial charge in [-0.05, 0) is 13.0 Å². The van der Waals surface area contributed by atoms with Gasteiger partial charge in [0.1, 0.15) is 0 Å². The third-order valence-corrected chi connectivity index (χ3v) is 2.04. The van der Waals surface area contributed by atoms with E-state index in [1.165, 1.54) is 13.0 Å². The quantitative estimate of drug-likeness (QED) is 0.698. The third kappa shape index (κ3) is 1.47. The van der Waals surface area contributed by atoms with Crippen molar-refractivity contribution in [1.82, 2.24) is 4.57 Å². The smallest absolute Gasteiger partial charge is 0.338 e. The highest BCUT2D eigenvalue weighted by atomic mass is 16.4. The minimum atomic E-state index is -1.06. The van der Waals surface area contributed by atoms with Gasteiger partial charge in [-0.2, -0.15) is 0 Å². The van der Waals surface area contributed by atoms with Crippen LogP contribution in [0.15, 0.2) is 6.07 Å². The molecule has 0 atom stereocenters. The fourth-order valence-corrected chi connectivity index (χ4v) is 1.32. The van der Waals surface area contributed by atoms with Gasteiger partial charge < -0.3 is 9.67 Å². The van der Waals surface area contributed by atoms with Gasteiger partial charge in [-0.3, -0.25) is 4.79 Å². The summed E-state index contributed by atoms with van der Waals surface area (Å²) < 4.78 is 1.59. The maximum absolute atomic E-state index is 11.1. The Morgan fingerprint density at radius 1 is 1.46 bits per heavy atom. The van der Waals surface area contributed by atoms with E-state index in [0.29, 0.717) is 0 Å². The molecular weight excluding hydrogens is 170 g/mol. The maximum Gasteiger partial charge on any atom is 0.338 e. The Morgan fingerprint density at radius 3 is 2.31 bits per heavy atom. The number of Topliss-reactive ketones (excluding diaryl/α,β-unsaturated/α-hetero) is 1. The molecule has 0 bridgehead atoms. The summed E-state index contributed by atoms with van der Waals surface area (Å²) >= 11 is 0. The fourth-order valence-electron chi connectivity index (χ4n) is 1.32. The van der Waals surface area contributed by atoms with Gasteiger partial charge >= 0.3 is 5.97 Å². The molecule has 0 amide bonds. The number of carboxylic acids is 1. The number of aromatic nitrogens is 1. The molecule has 13 heavy (non-hydrogen) atoms. The Kier molecular flexibility index (Phi) is 2.23. The number of carbonyl (C=O) groups is 2. The Hall–Kier alpha value is -1.58. The van der Waals surface area contributed by atoms with Gasteiger partial charge in [0.2, 0.25) is 0 Å². The molecule has 0 spiro atoms. The number of aryl methyl sites for hydroxylation is 1. The maximum atomic E-state index is 11.1. The summed E-state index contributed by atoms with van der Waals surface area (Å²) in [6.07, 6.45) is 0. The molecule has 0 aliphatic rings. The molecule has 0 saturated heterocycles. The topological polar surface area (TPSA) is 59.3 Å². The van der Waals surface area contributed by atoms with Crippen molar-refractivity contribution >= 4 is 11.8 Å².